The summed E-state index contributed by atoms with van der Waals surface area (Å²) in [6.07, 6.45) is 5.76. The van der Waals surface area contributed by atoms with Gasteiger partial charge in [0.1, 0.15) is 5.82 Å². The molecule has 0 aromatic carbocycles. The molecule has 1 aliphatic rings. The van der Waals surface area contributed by atoms with Gasteiger partial charge < -0.3 is 15.7 Å². The van der Waals surface area contributed by atoms with Gasteiger partial charge in [0.15, 0.2) is 0 Å². The van der Waals surface area contributed by atoms with E-state index in [-0.39, 0.29) is 0 Å². The summed E-state index contributed by atoms with van der Waals surface area (Å²) in [5, 5.41) is 16.4. The molecule has 1 saturated carbocycles. The van der Waals surface area contributed by atoms with Crippen LogP contribution < -0.4 is 10.6 Å². The van der Waals surface area contributed by atoms with Crippen molar-refractivity contribution >= 4 is 11.8 Å². The maximum absolute atomic E-state index is 10.2. The maximum Gasteiger partial charge on any atom is 0.224 e. The summed E-state index contributed by atoms with van der Waals surface area (Å²) in [7, 11) is 1.79. The fourth-order valence-corrected chi connectivity index (χ4v) is 2.20. The van der Waals surface area contributed by atoms with Crippen LogP contribution in [0.5, 0.6) is 0 Å². The first kappa shape index (κ1) is 12.1. The van der Waals surface area contributed by atoms with Crippen molar-refractivity contribution in [2.75, 3.05) is 24.2 Å². The predicted octanol–water partition coefficient (Wildman–Crippen LogP) is 1.54. The number of hydrogen-bond donors (Lipinski definition) is 3. The zero-order valence-corrected chi connectivity index (χ0v) is 10.5. The summed E-state index contributed by atoms with van der Waals surface area (Å²) in [5.41, 5.74) is 0.433. The van der Waals surface area contributed by atoms with Crippen LogP contribution in [0.15, 0.2) is 6.20 Å². The summed E-state index contributed by atoms with van der Waals surface area (Å²) in [4.78, 5) is 8.47. The summed E-state index contributed by atoms with van der Waals surface area (Å²) in [6, 6.07) is 0. The van der Waals surface area contributed by atoms with Crippen LogP contribution in [0.25, 0.3) is 0 Å². The number of anilines is 2. The van der Waals surface area contributed by atoms with Gasteiger partial charge in [0.25, 0.3) is 0 Å². The zero-order chi connectivity index (χ0) is 12.3. The van der Waals surface area contributed by atoms with Crippen LogP contribution in [0.2, 0.25) is 0 Å². The molecule has 17 heavy (non-hydrogen) atoms. The van der Waals surface area contributed by atoms with Crippen LogP contribution >= 0.6 is 0 Å². The molecule has 0 spiro atoms. The Bertz CT molecular complexity index is 388. The monoisotopic (exact) mass is 236 g/mol. The second-order valence-corrected chi connectivity index (χ2v) is 4.76. The molecule has 0 amide bonds. The molecule has 1 heterocycles. The normalized spacial score (nSPS) is 18.1. The predicted molar refractivity (Wildman–Crippen MR) is 68.2 cm³/mol. The van der Waals surface area contributed by atoms with E-state index in [2.05, 4.69) is 20.6 Å². The first-order valence-corrected chi connectivity index (χ1v) is 6.11. The highest BCUT2D eigenvalue weighted by Gasteiger charge is 2.30. The number of aromatic nitrogens is 2. The number of nitrogens with one attached hydrogen (secondary N) is 2. The number of aryl methyl sites for hydroxylation is 1. The minimum atomic E-state index is -0.558. The van der Waals surface area contributed by atoms with Gasteiger partial charge in [0.05, 0.1) is 5.60 Å². The van der Waals surface area contributed by atoms with Gasteiger partial charge in [-0.05, 0) is 19.8 Å². The molecule has 1 aromatic rings. The van der Waals surface area contributed by atoms with Crippen molar-refractivity contribution in [3.63, 3.8) is 0 Å². The molecule has 0 unspecified atom stereocenters. The van der Waals surface area contributed by atoms with Gasteiger partial charge in [0, 0.05) is 25.4 Å². The number of hydrogen-bond acceptors (Lipinski definition) is 5. The van der Waals surface area contributed by atoms with Gasteiger partial charge >= 0.3 is 0 Å². The first-order chi connectivity index (χ1) is 8.13. The van der Waals surface area contributed by atoms with Crippen molar-refractivity contribution in [1.29, 1.82) is 0 Å². The standard InChI is InChI=1S/C12H20N4O/c1-9-7-14-11(13-2)16-10(9)15-8-12(17)5-3-4-6-12/h7,17H,3-6,8H2,1-2H3,(H2,13,14,15,16). The van der Waals surface area contributed by atoms with Gasteiger partial charge in [-0.15, -0.1) is 0 Å². The molecule has 1 aliphatic carbocycles. The molecule has 0 atom stereocenters. The molecule has 0 saturated heterocycles. The molecule has 5 heteroatoms. The Labute approximate surface area is 102 Å². The highest BCUT2D eigenvalue weighted by Crippen LogP contribution is 2.29. The average molecular weight is 236 g/mol. The number of rotatable bonds is 4. The van der Waals surface area contributed by atoms with Crippen LogP contribution in [0.3, 0.4) is 0 Å². The fourth-order valence-electron chi connectivity index (χ4n) is 2.20. The van der Waals surface area contributed by atoms with Crippen LogP contribution in [-0.4, -0.2) is 34.3 Å². The second-order valence-electron chi connectivity index (χ2n) is 4.76. The van der Waals surface area contributed by atoms with Crippen LogP contribution in [0, 0.1) is 6.92 Å². The van der Waals surface area contributed by atoms with E-state index in [4.69, 9.17) is 0 Å². The third kappa shape index (κ3) is 2.85. The van der Waals surface area contributed by atoms with Crippen LogP contribution in [-0.2, 0) is 0 Å². The van der Waals surface area contributed by atoms with Crippen molar-refractivity contribution in [2.24, 2.45) is 0 Å². The molecule has 3 N–H and O–H groups in total. The Morgan fingerprint density at radius 2 is 2.12 bits per heavy atom. The number of aliphatic hydroxyl groups is 1. The second kappa shape index (κ2) is 4.87. The Hall–Kier alpha value is -1.36. The SMILES string of the molecule is CNc1ncc(C)c(NCC2(O)CCCC2)n1. The van der Waals surface area contributed by atoms with Crippen molar-refractivity contribution in [2.45, 2.75) is 38.2 Å². The molecule has 5 nitrogen and oxygen atoms in total. The molecule has 1 fully saturated rings. The quantitative estimate of drug-likeness (QED) is 0.740. The lowest BCUT2D eigenvalue weighted by atomic mass is 10.0. The molecular weight excluding hydrogens is 216 g/mol. The van der Waals surface area contributed by atoms with Crippen molar-refractivity contribution in [3.8, 4) is 0 Å². The minimum Gasteiger partial charge on any atom is -0.388 e. The summed E-state index contributed by atoms with van der Waals surface area (Å²) in [5.74, 6) is 1.39. The third-order valence-electron chi connectivity index (χ3n) is 3.31. The Morgan fingerprint density at radius 3 is 2.76 bits per heavy atom. The van der Waals surface area contributed by atoms with E-state index >= 15 is 0 Å². The van der Waals surface area contributed by atoms with Crippen molar-refractivity contribution in [1.82, 2.24) is 9.97 Å². The highest BCUT2D eigenvalue weighted by molar-refractivity contribution is 5.46. The van der Waals surface area contributed by atoms with E-state index in [0.29, 0.717) is 12.5 Å². The fraction of sp³-hybridized carbons (Fsp3) is 0.667. The van der Waals surface area contributed by atoms with Crippen LogP contribution in [0.1, 0.15) is 31.2 Å². The maximum atomic E-state index is 10.2. The topological polar surface area (TPSA) is 70.1 Å². The summed E-state index contributed by atoms with van der Waals surface area (Å²) < 4.78 is 0. The molecule has 0 aliphatic heterocycles. The molecule has 0 bridgehead atoms. The van der Waals surface area contributed by atoms with E-state index in [9.17, 15) is 5.11 Å². The zero-order valence-electron chi connectivity index (χ0n) is 10.5. The lowest BCUT2D eigenvalue weighted by Crippen LogP contribution is -2.33. The van der Waals surface area contributed by atoms with Gasteiger partial charge in [-0.3, -0.25) is 0 Å². The van der Waals surface area contributed by atoms with Gasteiger partial charge in [-0.2, -0.15) is 4.98 Å². The Kier molecular flexibility index (Phi) is 3.47. The largest absolute Gasteiger partial charge is 0.388 e. The number of nitrogens with zero attached hydrogens (tertiary/aromatic N) is 2. The lowest BCUT2D eigenvalue weighted by molar-refractivity contribution is 0.0614. The van der Waals surface area contributed by atoms with Crippen molar-refractivity contribution < 1.29 is 5.11 Å². The molecule has 1 aromatic heterocycles. The van der Waals surface area contributed by atoms with E-state index < -0.39 is 5.60 Å². The first-order valence-electron chi connectivity index (χ1n) is 6.11. The summed E-state index contributed by atoms with van der Waals surface area (Å²) in [6.45, 7) is 2.52. The van der Waals surface area contributed by atoms with E-state index in [0.717, 1.165) is 37.1 Å². The van der Waals surface area contributed by atoms with Gasteiger partial charge in [-0.1, -0.05) is 12.8 Å². The molecule has 2 rings (SSSR count). The van der Waals surface area contributed by atoms with E-state index in [1.54, 1.807) is 13.2 Å². The molecule has 0 radical (unpaired) electrons. The lowest BCUT2D eigenvalue weighted by Gasteiger charge is -2.23. The van der Waals surface area contributed by atoms with Gasteiger partial charge in [0.2, 0.25) is 5.95 Å². The molecular formula is C12H20N4O. The molecule has 94 valence electrons. The third-order valence-corrected chi connectivity index (χ3v) is 3.31. The highest BCUT2D eigenvalue weighted by atomic mass is 16.3. The van der Waals surface area contributed by atoms with E-state index in [1.807, 2.05) is 6.92 Å². The van der Waals surface area contributed by atoms with Gasteiger partial charge in [-0.25, -0.2) is 4.98 Å². The van der Waals surface area contributed by atoms with Crippen molar-refractivity contribution in [3.05, 3.63) is 11.8 Å². The average Bonchev–Trinajstić information content (AvgIpc) is 2.76. The summed E-state index contributed by atoms with van der Waals surface area (Å²) >= 11 is 0. The van der Waals surface area contributed by atoms with Crippen LogP contribution in [0.4, 0.5) is 11.8 Å². The Morgan fingerprint density at radius 1 is 1.41 bits per heavy atom. The smallest absolute Gasteiger partial charge is 0.224 e. The Balaban J connectivity index is 2.02. The minimum absolute atomic E-state index is 0.558. The van der Waals surface area contributed by atoms with E-state index in [1.165, 1.54) is 0 Å².